The zero-order chi connectivity index (χ0) is 19.7. The highest BCUT2D eigenvalue weighted by Gasteiger charge is 2.59. The standard InChI is InChI=1S/C19H36N4O3S/c1-5-13-27(24,25)23-10-7-14(8-11-23)21-18(20-6-2)22-16-15-9-12-26-17(15)19(16,3)4/h14-17H,5-13H2,1-4H3,(H2,20,21,22). The van der Waals surface area contributed by atoms with E-state index < -0.39 is 10.0 Å². The quantitative estimate of drug-likeness (QED) is 0.522. The predicted molar refractivity (Wildman–Crippen MR) is 108 cm³/mol. The number of fused-ring (bicyclic) bond motifs is 1. The van der Waals surface area contributed by atoms with Crippen LogP contribution in [-0.4, -0.2) is 68.9 Å². The van der Waals surface area contributed by atoms with Crippen molar-refractivity contribution < 1.29 is 13.2 Å². The van der Waals surface area contributed by atoms with Gasteiger partial charge in [0.15, 0.2) is 5.96 Å². The molecule has 0 bridgehead atoms. The minimum atomic E-state index is -3.09. The number of sulfonamides is 1. The van der Waals surface area contributed by atoms with Crippen LogP contribution in [-0.2, 0) is 14.8 Å². The van der Waals surface area contributed by atoms with Crippen LogP contribution in [0.3, 0.4) is 0 Å². The third-order valence-corrected chi connectivity index (χ3v) is 8.44. The molecule has 3 atom stereocenters. The molecule has 7 nitrogen and oxygen atoms in total. The second kappa shape index (κ2) is 8.25. The molecule has 3 rings (SSSR count). The Labute approximate surface area is 164 Å². The van der Waals surface area contributed by atoms with E-state index in [-0.39, 0.29) is 17.2 Å². The van der Waals surface area contributed by atoms with E-state index in [1.807, 2.05) is 13.8 Å². The lowest BCUT2D eigenvalue weighted by Gasteiger charge is -2.55. The molecule has 2 aliphatic heterocycles. The first-order valence-corrected chi connectivity index (χ1v) is 12.1. The summed E-state index contributed by atoms with van der Waals surface area (Å²) in [4.78, 5) is 4.64. The first kappa shape index (κ1) is 20.9. The lowest BCUT2D eigenvalue weighted by molar-refractivity contribution is -0.106. The third-order valence-electron chi connectivity index (χ3n) is 6.36. The third kappa shape index (κ3) is 4.27. The fourth-order valence-corrected chi connectivity index (χ4v) is 6.46. The molecular weight excluding hydrogens is 364 g/mol. The highest BCUT2D eigenvalue weighted by Crippen LogP contribution is 2.52. The van der Waals surface area contributed by atoms with Crippen molar-refractivity contribution in [1.82, 2.24) is 14.9 Å². The van der Waals surface area contributed by atoms with E-state index in [0.29, 0.717) is 37.6 Å². The summed E-state index contributed by atoms with van der Waals surface area (Å²) in [5, 5.41) is 7.21. The second-order valence-corrected chi connectivity index (χ2v) is 10.7. The van der Waals surface area contributed by atoms with Crippen molar-refractivity contribution in [3.63, 3.8) is 0 Å². The highest BCUT2D eigenvalue weighted by molar-refractivity contribution is 7.89. The molecule has 0 aromatic heterocycles. The summed E-state index contributed by atoms with van der Waals surface area (Å²) in [6.45, 7) is 11.2. The normalized spacial score (nSPS) is 32.0. The van der Waals surface area contributed by atoms with Gasteiger partial charge in [-0.15, -0.1) is 0 Å². The molecule has 0 spiro atoms. The van der Waals surface area contributed by atoms with Gasteiger partial charge in [0.05, 0.1) is 11.9 Å². The maximum absolute atomic E-state index is 12.2. The molecule has 1 aliphatic carbocycles. The van der Waals surface area contributed by atoms with E-state index in [2.05, 4.69) is 29.5 Å². The van der Waals surface area contributed by atoms with E-state index in [1.165, 1.54) is 0 Å². The summed E-state index contributed by atoms with van der Waals surface area (Å²) in [7, 11) is -3.09. The van der Waals surface area contributed by atoms with Crippen LogP contribution in [0.15, 0.2) is 4.99 Å². The number of ether oxygens (including phenoxy) is 1. The van der Waals surface area contributed by atoms with Gasteiger partial charge in [0.25, 0.3) is 0 Å². The average molecular weight is 401 g/mol. The van der Waals surface area contributed by atoms with Gasteiger partial charge in [-0.2, -0.15) is 0 Å². The number of aliphatic imine (C=N–C) groups is 1. The number of nitrogens with zero attached hydrogens (tertiary/aromatic N) is 2. The Morgan fingerprint density at radius 1 is 1.19 bits per heavy atom. The molecule has 2 heterocycles. The molecule has 3 fully saturated rings. The monoisotopic (exact) mass is 400 g/mol. The van der Waals surface area contributed by atoms with Crippen LogP contribution in [0.5, 0.6) is 0 Å². The Morgan fingerprint density at radius 3 is 2.52 bits per heavy atom. The number of nitrogens with one attached hydrogen (secondary N) is 2. The van der Waals surface area contributed by atoms with E-state index in [9.17, 15) is 8.42 Å². The molecular formula is C19H36N4O3S. The van der Waals surface area contributed by atoms with Crippen molar-refractivity contribution in [2.24, 2.45) is 16.3 Å². The molecule has 0 aromatic carbocycles. The molecule has 1 saturated carbocycles. The van der Waals surface area contributed by atoms with Gasteiger partial charge in [-0.05, 0) is 32.6 Å². The number of hydrogen-bond donors (Lipinski definition) is 2. The van der Waals surface area contributed by atoms with Gasteiger partial charge in [0.2, 0.25) is 10.0 Å². The fraction of sp³-hybridized carbons (Fsp3) is 0.947. The number of hydrogen-bond acceptors (Lipinski definition) is 4. The molecule has 0 amide bonds. The topological polar surface area (TPSA) is 83.0 Å². The van der Waals surface area contributed by atoms with Gasteiger partial charge < -0.3 is 15.4 Å². The van der Waals surface area contributed by atoms with Crippen LogP contribution in [0.2, 0.25) is 0 Å². The lowest BCUT2D eigenvalue weighted by atomic mass is 9.57. The largest absolute Gasteiger partial charge is 0.377 e. The highest BCUT2D eigenvalue weighted by atomic mass is 32.2. The van der Waals surface area contributed by atoms with Crippen LogP contribution in [0.25, 0.3) is 0 Å². The summed E-state index contributed by atoms with van der Waals surface area (Å²) in [5.74, 6) is 1.66. The van der Waals surface area contributed by atoms with Crippen LogP contribution >= 0.6 is 0 Å². The van der Waals surface area contributed by atoms with Gasteiger partial charge in [-0.1, -0.05) is 20.8 Å². The molecule has 2 saturated heterocycles. The van der Waals surface area contributed by atoms with Crippen molar-refractivity contribution in [3.8, 4) is 0 Å². The van der Waals surface area contributed by atoms with Crippen LogP contribution < -0.4 is 10.6 Å². The summed E-state index contributed by atoms with van der Waals surface area (Å²) in [6, 6.07) is 0.627. The molecule has 156 valence electrons. The predicted octanol–water partition coefficient (Wildman–Crippen LogP) is 1.56. The smallest absolute Gasteiger partial charge is 0.214 e. The first-order chi connectivity index (χ1) is 12.8. The molecule has 0 radical (unpaired) electrons. The van der Waals surface area contributed by atoms with Crippen LogP contribution in [0, 0.1) is 11.3 Å². The maximum Gasteiger partial charge on any atom is 0.214 e. The summed E-state index contributed by atoms with van der Waals surface area (Å²) in [5.41, 5.74) is 0.106. The summed E-state index contributed by atoms with van der Waals surface area (Å²) >= 11 is 0. The molecule has 0 aromatic rings. The van der Waals surface area contributed by atoms with Gasteiger partial charge in [0, 0.05) is 49.7 Å². The molecule has 27 heavy (non-hydrogen) atoms. The van der Waals surface area contributed by atoms with Crippen molar-refractivity contribution in [2.75, 3.05) is 32.0 Å². The minimum absolute atomic E-state index is 0.106. The van der Waals surface area contributed by atoms with E-state index in [0.717, 1.165) is 38.4 Å². The van der Waals surface area contributed by atoms with Gasteiger partial charge in [-0.25, -0.2) is 12.7 Å². The SMILES string of the molecule is CCCS(=O)(=O)N1CCC(NC(=NCC)NC2C3CCOC3C2(C)C)CC1. The zero-order valence-corrected chi connectivity index (χ0v) is 18.0. The van der Waals surface area contributed by atoms with Crippen LogP contribution in [0.4, 0.5) is 0 Å². The average Bonchev–Trinajstić information content (AvgIpc) is 3.07. The first-order valence-electron chi connectivity index (χ1n) is 10.5. The van der Waals surface area contributed by atoms with Crippen molar-refractivity contribution in [1.29, 1.82) is 0 Å². The molecule has 3 aliphatic rings. The summed E-state index contributed by atoms with van der Waals surface area (Å²) in [6.07, 6.45) is 3.76. The van der Waals surface area contributed by atoms with Crippen molar-refractivity contribution in [2.45, 2.75) is 71.6 Å². The Balaban J connectivity index is 1.55. The Hall–Kier alpha value is -0.860. The van der Waals surface area contributed by atoms with E-state index in [4.69, 9.17) is 4.74 Å². The molecule has 3 unspecified atom stereocenters. The van der Waals surface area contributed by atoms with Crippen molar-refractivity contribution >= 4 is 16.0 Å². The van der Waals surface area contributed by atoms with Gasteiger partial charge in [0.1, 0.15) is 0 Å². The van der Waals surface area contributed by atoms with Crippen LogP contribution in [0.1, 0.15) is 53.4 Å². The maximum atomic E-state index is 12.2. The molecule has 8 heteroatoms. The van der Waals surface area contributed by atoms with Gasteiger partial charge in [-0.3, -0.25) is 4.99 Å². The summed E-state index contributed by atoms with van der Waals surface area (Å²) < 4.78 is 32.0. The van der Waals surface area contributed by atoms with Gasteiger partial charge >= 0.3 is 0 Å². The second-order valence-electron chi connectivity index (χ2n) is 8.64. The Morgan fingerprint density at radius 2 is 1.89 bits per heavy atom. The fourth-order valence-electron chi connectivity index (χ4n) is 4.91. The number of rotatable bonds is 6. The lowest BCUT2D eigenvalue weighted by Crippen LogP contribution is -2.68. The number of guanidine groups is 1. The molecule has 2 N–H and O–H groups in total. The van der Waals surface area contributed by atoms with Crippen molar-refractivity contribution in [3.05, 3.63) is 0 Å². The van der Waals surface area contributed by atoms with E-state index >= 15 is 0 Å². The Kier molecular flexibility index (Phi) is 6.37. The Bertz CT molecular complexity index is 641. The minimum Gasteiger partial charge on any atom is -0.377 e. The number of piperidine rings is 1. The zero-order valence-electron chi connectivity index (χ0n) is 17.2. The van der Waals surface area contributed by atoms with E-state index in [1.54, 1.807) is 4.31 Å².